The predicted molar refractivity (Wildman–Crippen MR) is 67.4 cm³/mol. The number of aryl methyl sites for hydroxylation is 1. The van der Waals surface area contributed by atoms with Crippen LogP contribution in [0, 0.1) is 6.92 Å². The highest BCUT2D eigenvalue weighted by Gasteiger charge is 2.19. The Bertz CT molecular complexity index is 616. The Hall–Kier alpha value is -1.03. The quantitative estimate of drug-likeness (QED) is 0.874. The van der Waals surface area contributed by atoms with Crippen molar-refractivity contribution in [2.24, 2.45) is 0 Å². The Labute approximate surface area is 107 Å². The molecule has 0 amide bonds. The molecule has 0 aliphatic rings. The van der Waals surface area contributed by atoms with Gasteiger partial charge in [-0.1, -0.05) is 11.3 Å². The van der Waals surface area contributed by atoms with Crippen LogP contribution in [0.3, 0.4) is 0 Å². The lowest BCUT2D eigenvalue weighted by atomic mass is 10.3. The van der Waals surface area contributed by atoms with Gasteiger partial charge in [0.05, 0.1) is 0 Å². The van der Waals surface area contributed by atoms with Crippen LogP contribution in [0.4, 0.5) is 5.13 Å². The van der Waals surface area contributed by atoms with Gasteiger partial charge < -0.3 is 5.73 Å². The van der Waals surface area contributed by atoms with Gasteiger partial charge in [-0.05, 0) is 23.9 Å². The van der Waals surface area contributed by atoms with Crippen molar-refractivity contribution in [1.82, 2.24) is 14.9 Å². The van der Waals surface area contributed by atoms with Crippen LogP contribution in [0.1, 0.15) is 10.4 Å². The molecule has 0 atom stereocenters. The van der Waals surface area contributed by atoms with Gasteiger partial charge >= 0.3 is 0 Å². The van der Waals surface area contributed by atoms with Crippen LogP contribution in [0.2, 0.25) is 0 Å². The number of sulfonamides is 1. The lowest BCUT2D eigenvalue weighted by molar-refractivity contribution is 0.579. The van der Waals surface area contributed by atoms with Crippen LogP contribution in [-0.4, -0.2) is 18.6 Å². The minimum Gasteiger partial charge on any atom is -0.374 e. The van der Waals surface area contributed by atoms with Crippen molar-refractivity contribution in [2.45, 2.75) is 17.8 Å². The molecule has 0 bridgehead atoms. The first kappa shape index (κ1) is 12.4. The summed E-state index contributed by atoms with van der Waals surface area (Å²) < 4.78 is 26.0. The van der Waals surface area contributed by atoms with E-state index in [1.807, 2.05) is 18.4 Å². The van der Waals surface area contributed by atoms with E-state index in [1.165, 1.54) is 11.3 Å². The number of hydrogen-bond acceptors (Lipinski definition) is 7. The number of nitrogens with two attached hydrogens (primary N) is 1. The Morgan fingerprint density at radius 2 is 2.24 bits per heavy atom. The average Bonchev–Trinajstić information content (AvgIpc) is 2.85. The minimum atomic E-state index is -3.61. The average molecular weight is 290 g/mol. The van der Waals surface area contributed by atoms with Crippen LogP contribution < -0.4 is 10.5 Å². The zero-order chi connectivity index (χ0) is 12.5. The van der Waals surface area contributed by atoms with Gasteiger partial charge in [0.2, 0.25) is 9.47 Å². The second kappa shape index (κ2) is 4.69. The molecule has 0 fully saturated rings. The number of nitrogen functional groups attached to an aromatic ring is 1. The van der Waals surface area contributed by atoms with Crippen LogP contribution in [0.5, 0.6) is 0 Å². The topological polar surface area (TPSA) is 98.0 Å². The first-order valence-electron chi connectivity index (χ1n) is 4.60. The third kappa shape index (κ3) is 2.80. The number of anilines is 1. The van der Waals surface area contributed by atoms with E-state index in [0.717, 1.165) is 21.8 Å². The lowest BCUT2D eigenvalue weighted by Crippen LogP contribution is -2.23. The highest BCUT2D eigenvalue weighted by Crippen LogP contribution is 2.19. The number of rotatable bonds is 4. The fraction of sp³-hybridized carbons (Fsp3) is 0.250. The SMILES string of the molecule is Cc1ccsc1CNS(=O)(=O)c1nnc(N)s1. The lowest BCUT2D eigenvalue weighted by Gasteiger charge is -2.02. The Morgan fingerprint density at radius 1 is 1.47 bits per heavy atom. The molecule has 17 heavy (non-hydrogen) atoms. The largest absolute Gasteiger partial charge is 0.374 e. The summed E-state index contributed by atoms with van der Waals surface area (Å²) in [6, 6.07) is 1.94. The molecule has 92 valence electrons. The third-order valence-corrected chi connectivity index (χ3v) is 5.59. The summed E-state index contributed by atoms with van der Waals surface area (Å²) in [6.07, 6.45) is 0. The Morgan fingerprint density at radius 3 is 2.76 bits per heavy atom. The molecule has 2 aromatic rings. The second-order valence-corrected chi connectivity index (χ2v) is 7.21. The van der Waals surface area contributed by atoms with Crippen molar-refractivity contribution in [3.8, 4) is 0 Å². The summed E-state index contributed by atoms with van der Waals surface area (Å²) in [4.78, 5) is 0.978. The second-order valence-electron chi connectivity index (χ2n) is 3.26. The van der Waals surface area contributed by atoms with Gasteiger partial charge in [0.1, 0.15) is 0 Å². The predicted octanol–water partition coefficient (Wildman–Crippen LogP) is 0.969. The van der Waals surface area contributed by atoms with Gasteiger partial charge in [0.25, 0.3) is 10.0 Å². The van der Waals surface area contributed by atoms with E-state index in [0.29, 0.717) is 0 Å². The summed E-state index contributed by atoms with van der Waals surface area (Å²) in [6.45, 7) is 2.19. The summed E-state index contributed by atoms with van der Waals surface area (Å²) in [7, 11) is -3.61. The monoisotopic (exact) mass is 290 g/mol. The molecule has 0 unspecified atom stereocenters. The summed E-state index contributed by atoms with van der Waals surface area (Å²) in [5.41, 5.74) is 6.41. The zero-order valence-electron chi connectivity index (χ0n) is 8.87. The number of hydrogen-bond donors (Lipinski definition) is 2. The Kier molecular flexibility index (Phi) is 3.43. The van der Waals surface area contributed by atoms with Gasteiger partial charge in [0.15, 0.2) is 0 Å². The normalized spacial score (nSPS) is 11.8. The minimum absolute atomic E-state index is 0.107. The van der Waals surface area contributed by atoms with Crippen molar-refractivity contribution in [3.63, 3.8) is 0 Å². The number of aromatic nitrogens is 2. The van der Waals surface area contributed by atoms with Crippen molar-refractivity contribution < 1.29 is 8.42 Å². The van der Waals surface area contributed by atoms with E-state index in [1.54, 1.807) is 0 Å². The number of nitrogens with zero attached hydrogens (tertiary/aromatic N) is 2. The molecule has 6 nitrogen and oxygen atoms in total. The van der Waals surface area contributed by atoms with Gasteiger partial charge in [-0.3, -0.25) is 0 Å². The molecular formula is C8H10N4O2S3. The van der Waals surface area contributed by atoms with E-state index in [4.69, 9.17) is 5.73 Å². The maximum atomic E-state index is 11.8. The first-order valence-corrected chi connectivity index (χ1v) is 7.78. The van der Waals surface area contributed by atoms with Gasteiger partial charge in [0, 0.05) is 11.4 Å². The van der Waals surface area contributed by atoms with Crippen LogP contribution in [0.15, 0.2) is 15.8 Å². The summed E-state index contributed by atoms with van der Waals surface area (Å²) in [5, 5.41) is 9.04. The molecule has 0 aromatic carbocycles. The molecular weight excluding hydrogens is 280 g/mol. The molecule has 9 heteroatoms. The molecule has 3 N–H and O–H groups in total. The zero-order valence-corrected chi connectivity index (χ0v) is 11.3. The van der Waals surface area contributed by atoms with Crippen LogP contribution in [0.25, 0.3) is 0 Å². The third-order valence-electron chi connectivity index (χ3n) is 2.04. The Balaban J connectivity index is 2.11. The van der Waals surface area contributed by atoms with Crippen molar-refractivity contribution in [1.29, 1.82) is 0 Å². The highest BCUT2D eigenvalue weighted by molar-refractivity contribution is 7.91. The molecule has 0 spiro atoms. The van der Waals surface area contributed by atoms with E-state index in [2.05, 4.69) is 14.9 Å². The molecule has 0 aliphatic heterocycles. The standard InChI is InChI=1S/C8H10N4O2S3/c1-5-2-3-15-6(5)4-10-17(13,14)8-12-11-7(9)16-8/h2-3,10H,4H2,1H3,(H2,9,11). The van der Waals surface area contributed by atoms with E-state index < -0.39 is 10.0 Å². The van der Waals surface area contributed by atoms with E-state index >= 15 is 0 Å². The molecule has 0 radical (unpaired) electrons. The van der Waals surface area contributed by atoms with Gasteiger partial charge in [-0.25, -0.2) is 13.1 Å². The van der Waals surface area contributed by atoms with Crippen LogP contribution >= 0.6 is 22.7 Å². The smallest absolute Gasteiger partial charge is 0.270 e. The fourth-order valence-electron chi connectivity index (χ4n) is 1.14. The highest BCUT2D eigenvalue weighted by atomic mass is 32.2. The molecule has 2 heterocycles. The summed E-state index contributed by atoms with van der Waals surface area (Å²) >= 11 is 2.35. The maximum Gasteiger partial charge on any atom is 0.270 e. The number of nitrogens with one attached hydrogen (secondary N) is 1. The maximum absolute atomic E-state index is 11.8. The van der Waals surface area contributed by atoms with E-state index in [-0.39, 0.29) is 16.0 Å². The molecule has 0 saturated carbocycles. The molecule has 2 rings (SSSR count). The van der Waals surface area contributed by atoms with Gasteiger partial charge in [-0.2, -0.15) is 0 Å². The first-order chi connectivity index (χ1) is 7.99. The van der Waals surface area contributed by atoms with Crippen molar-refractivity contribution >= 4 is 37.8 Å². The number of thiophene rings is 1. The van der Waals surface area contributed by atoms with E-state index in [9.17, 15) is 8.42 Å². The molecule has 0 saturated heterocycles. The van der Waals surface area contributed by atoms with Crippen molar-refractivity contribution in [2.75, 3.05) is 5.73 Å². The molecule has 2 aromatic heterocycles. The molecule has 0 aliphatic carbocycles. The van der Waals surface area contributed by atoms with Crippen molar-refractivity contribution in [3.05, 3.63) is 21.9 Å². The van der Waals surface area contributed by atoms with Gasteiger partial charge in [-0.15, -0.1) is 21.5 Å². The fourth-order valence-corrected chi connectivity index (χ4v) is 3.89. The van der Waals surface area contributed by atoms with Crippen LogP contribution in [-0.2, 0) is 16.6 Å². The summed E-state index contributed by atoms with van der Waals surface area (Å²) in [5.74, 6) is 0.